The summed E-state index contributed by atoms with van der Waals surface area (Å²) < 4.78 is 5.67. The van der Waals surface area contributed by atoms with Gasteiger partial charge >= 0.3 is 0 Å². The van der Waals surface area contributed by atoms with Crippen molar-refractivity contribution in [3.63, 3.8) is 0 Å². The molecule has 2 fully saturated rings. The molecule has 1 saturated heterocycles. The first-order valence-electron chi connectivity index (χ1n) is 8.16. The van der Waals surface area contributed by atoms with Crippen molar-refractivity contribution >= 4 is 0 Å². The summed E-state index contributed by atoms with van der Waals surface area (Å²) in [6, 6.07) is 0.448. The first-order chi connectivity index (χ1) is 8.79. The summed E-state index contributed by atoms with van der Waals surface area (Å²) in [5.41, 5.74) is 6.38. The van der Waals surface area contributed by atoms with Crippen LogP contribution in [0, 0.1) is 11.8 Å². The van der Waals surface area contributed by atoms with Crippen LogP contribution in [0.1, 0.15) is 71.1 Å². The maximum absolute atomic E-state index is 6.38. The highest BCUT2D eigenvalue weighted by molar-refractivity contribution is 4.80. The van der Waals surface area contributed by atoms with E-state index in [2.05, 4.69) is 6.92 Å². The standard InChI is InChI=1S/C16H31NO/c1-2-13-8-10-14(11-9-13)16(17)7-3-5-15-6-4-12-18-15/h13-16H,2-12,17H2,1H3. The Morgan fingerprint density at radius 1 is 1.17 bits per heavy atom. The molecule has 0 amide bonds. The van der Waals surface area contributed by atoms with Crippen molar-refractivity contribution < 1.29 is 4.74 Å². The van der Waals surface area contributed by atoms with Gasteiger partial charge in [-0.2, -0.15) is 0 Å². The number of hydrogen-bond acceptors (Lipinski definition) is 2. The van der Waals surface area contributed by atoms with Gasteiger partial charge in [-0.25, -0.2) is 0 Å². The Morgan fingerprint density at radius 3 is 2.56 bits per heavy atom. The Morgan fingerprint density at radius 2 is 1.94 bits per heavy atom. The highest BCUT2D eigenvalue weighted by Crippen LogP contribution is 2.33. The molecular formula is C16H31NO. The molecule has 1 saturated carbocycles. The van der Waals surface area contributed by atoms with Gasteiger partial charge in [0, 0.05) is 12.6 Å². The Balaban J connectivity index is 1.58. The summed E-state index contributed by atoms with van der Waals surface area (Å²) in [5, 5.41) is 0. The minimum atomic E-state index is 0.448. The Bertz CT molecular complexity index is 217. The lowest BCUT2D eigenvalue weighted by Gasteiger charge is -2.31. The van der Waals surface area contributed by atoms with Crippen molar-refractivity contribution in [1.29, 1.82) is 0 Å². The zero-order valence-corrected chi connectivity index (χ0v) is 12.1. The van der Waals surface area contributed by atoms with Gasteiger partial charge in [-0.05, 0) is 56.8 Å². The molecular weight excluding hydrogens is 222 g/mol. The van der Waals surface area contributed by atoms with E-state index in [-0.39, 0.29) is 0 Å². The molecule has 2 atom stereocenters. The number of nitrogens with two attached hydrogens (primary N) is 1. The molecule has 0 aromatic rings. The summed E-state index contributed by atoms with van der Waals surface area (Å²) in [6.45, 7) is 3.31. The van der Waals surface area contributed by atoms with Gasteiger partial charge in [0.1, 0.15) is 0 Å². The molecule has 0 aromatic carbocycles. The number of ether oxygens (including phenoxy) is 1. The van der Waals surface area contributed by atoms with Crippen LogP contribution in [0.4, 0.5) is 0 Å². The highest BCUT2D eigenvalue weighted by Gasteiger charge is 2.25. The second kappa shape index (κ2) is 7.49. The molecule has 1 aliphatic heterocycles. The van der Waals surface area contributed by atoms with Crippen molar-refractivity contribution in [2.45, 2.75) is 83.3 Å². The monoisotopic (exact) mass is 253 g/mol. The van der Waals surface area contributed by atoms with Crippen LogP contribution in [-0.4, -0.2) is 18.8 Å². The molecule has 1 heterocycles. The van der Waals surface area contributed by atoms with E-state index in [1.54, 1.807) is 0 Å². The molecule has 0 spiro atoms. The number of hydrogen-bond donors (Lipinski definition) is 1. The van der Waals surface area contributed by atoms with Gasteiger partial charge in [-0.15, -0.1) is 0 Å². The lowest BCUT2D eigenvalue weighted by atomic mass is 9.77. The first-order valence-corrected chi connectivity index (χ1v) is 8.16. The third-order valence-corrected chi connectivity index (χ3v) is 5.16. The summed E-state index contributed by atoms with van der Waals surface area (Å²) in [7, 11) is 0. The summed E-state index contributed by atoms with van der Waals surface area (Å²) >= 11 is 0. The predicted octanol–water partition coefficient (Wildman–Crippen LogP) is 3.88. The average molecular weight is 253 g/mol. The van der Waals surface area contributed by atoms with E-state index in [4.69, 9.17) is 10.5 Å². The van der Waals surface area contributed by atoms with Crippen LogP contribution in [0.3, 0.4) is 0 Å². The zero-order valence-electron chi connectivity index (χ0n) is 12.1. The molecule has 2 heteroatoms. The lowest BCUT2D eigenvalue weighted by Crippen LogP contribution is -2.33. The third kappa shape index (κ3) is 4.24. The van der Waals surface area contributed by atoms with E-state index in [1.807, 2.05) is 0 Å². The van der Waals surface area contributed by atoms with Crippen LogP contribution < -0.4 is 5.73 Å². The van der Waals surface area contributed by atoms with E-state index in [0.29, 0.717) is 12.1 Å². The number of rotatable bonds is 6. The van der Waals surface area contributed by atoms with Crippen LogP contribution in [0.2, 0.25) is 0 Å². The first kappa shape index (κ1) is 14.3. The van der Waals surface area contributed by atoms with E-state index in [1.165, 1.54) is 64.2 Å². The van der Waals surface area contributed by atoms with Gasteiger partial charge in [-0.3, -0.25) is 0 Å². The van der Waals surface area contributed by atoms with Gasteiger partial charge in [0.25, 0.3) is 0 Å². The van der Waals surface area contributed by atoms with E-state index < -0.39 is 0 Å². The van der Waals surface area contributed by atoms with Crippen LogP contribution in [0.5, 0.6) is 0 Å². The average Bonchev–Trinajstić information content (AvgIpc) is 2.92. The van der Waals surface area contributed by atoms with E-state index in [9.17, 15) is 0 Å². The molecule has 2 rings (SSSR count). The smallest absolute Gasteiger partial charge is 0.0576 e. The van der Waals surface area contributed by atoms with Crippen molar-refractivity contribution in [1.82, 2.24) is 0 Å². The van der Waals surface area contributed by atoms with Crippen molar-refractivity contribution in [2.75, 3.05) is 6.61 Å². The third-order valence-electron chi connectivity index (χ3n) is 5.16. The quantitative estimate of drug-likeness (QED) is 0.779. The van der Waals surface area contributed by atoms with Crippen molar-refractivity contribution in [2.24, 2.45) is 17.6 Å². The van der Waals surface area contributed by atoms with Crippen LogP contribution in [0.25, 0.3) is 0 Å². The maximum atomic E-state index is 6.38. The molecule has 2 aliphatic rings. The molecule has 0 aromatic heterocycles. The Hall–Kier alpha value is -0.0800. The van der Waals surface area contributed by atoms with Gasteiger partial charge in [0.15, 0.2) is 0 Å². The fourth-order valence-electron chi connectivity index (χ4n) is 3.71. The van der Waals surface area contributed by atoms with Gasteiger partial charge < -0.3 is 10.5 Å². The lowest BCUT2D eigenvalue weighted by molar-refractivity contribution is 0.100. The molecule has 1 aliphatic carbocycles. The Kier molecular flexibility index (Phi) is 5.97. The maximum Gasteiger partial charge on any atom is 0.0576 e. The van der Waals surface area contributed by atoms with Gasteiger partial charge in [-0.1, -0.05) is 26.2 Å². The van der Waals surface area contributed by atoms with E-state index in [0.717, 1.165) is 18.4 Å². The molecule has 2 N–H and O–H groups in total. The SMILES string of the molecule is CCC1CCC(C(N)CCCC2CCCO2)CC1. The molecule has 0 bridgehead atoms. The minimum absolute atomic E-state index is 0.448. The second-order valence-electron chi connectivity index (χ2n) is 6.42. The largest absolute Gasteiger partial charge is 0.378 e. The van der Waals surface area contributed by atoms with Crippen LogP contribution in [0.15, 0.2) is 0 Å². The summed E-state index contributed by atoms with van der Waals surface area (Å²) in [4.78, 5) is 0. The molecule has 0 radical (unpaired) electrons. The molecule has 2 unspecified atom stereocenters. The topological polar surface area (TPSA) is 35.2 Å². The van der Waals surface area contributed by atoms with Gasteiger partial charge in [0.2, 0.25) is 0 Å². The molecule has 2 nitrogen and oxygen atoms in total. The Labute approximate surface area is 113 Å². The predicted molar refractivity (Wildman–Crippen MR) is 76.5 cm³/mol. The van der Waals surface area contributed by atoms with Crippen molar-refractivity contribution in [3.05, 3.63) is 0 Å². The fourth-order valence-corrected chi connectivity index (χ4v) is 3.71. The molecule has 106 valence electrons. The summed E-state index contributed by atoms with van der Waals surface area (Å²) in [6.07, 6.45) is 13.7. The fraction of sp³-hybridized carbons (Fsp3) is 1.00. The van der Waals surface area contributed by atoms with E-state index >= 15 is 0 Å². The van der Waals surface area contributed by atoms with Crippen LogP contribution >= 0.6 is 0 Å². The zero-order chi connectivity index (χ0) is 12.8. The van der Waals surface area contributed by atoms with Gasteiger partial charge in [0.05, 0.1) is 6.10 Å². The second-order valence-corrected chi connectivity index (χ2v) is 6.42. The van der Waals surface area contributed by atoms with Crippen LogP contribution in [-0.2, 0) is 4.74 Å². The minimum Gasteiger partial charge on any atom is -0.378 e. The van der Waals surface area contributed by atoms with Crippen molar-refractivity contribution in [3.8, 4) is 0 Å². The highest BCUT2D eigenvalue weighted by atomic mass is 16.5. The summed E-state index contributed by atoms with van der Waals surface area (Å²) in [5.74, 6) is 1.79. The normalized spacial score (nSPS) is 34.7. The molecule has 18 heavy (non-hydrogen) atoms.